The normalized spacial score (nSPS) is 10.5. The highest BCUT2D eigenvalue weighted by atomic mass is 16.5. The molecule has 2 N–H and O–H groups in total. The quantitative estimate of drug-likeness (QED) is 0.503. The van der Waals surface area contributed by atoms with E-state index in [-0.39, 0.29) is 11.5 Å². The molecule has 0 unspecified atom stereocenters. The van der Waals surface area contributed by atoms with Crippen molar-refractivity contribution in [2.45, 2.75) is 0 Å². The summed E-state index contributed by atoms with van der Waals surface area (Å²) in [6.07, 6.45) is 2.88. The van der Waals surface area contributed by atoms with Gasteiger partial charge in [-0.1, -0.05) is 12.1 Å². The summed E-state index contributed by atoms with van der Waals surface area (Å²) in [7, 11) is 0. The summed E-state index contributed by atoms with van der Waals surface area (Å²) in [6, 6.07) is 12.3. The molecule has 19 heavy (non-hydrogen) atoms. The van der Waals surface area contributed by atoms with Gasteiger partial charge in [-0.15, -0.1) is 0 Å². The summed E-state index contributed by atoms with van der Waals surface area (Å²) in [5.74, 6) is 0.125. The zero-order chi connectivity index (χ0) is 13.7. The molecule has 0 atom stereocenters. The highest BCUT2D eigenvalue weighted by Gasteiger charge is 2.00. The van der Waals surface area contributed by atoms with Gasteiger partial charge in [0, 0.05) is 6.08 Å². The number of rotatable bonds is 3. The Labute approximate surface area is 110 Å². The van der Waals surface area contributed by atoms with Gasteiger partial charge in [-0.25, -0.2) is 4.79 Å². The van der Waals surface area contributed by atoms with Gasteiger partial charge in [0.2, 0.25) is 0 Å². The molecular weight excluding hydrogens is 244 g/mol. The summed E-state index contributed by atoms with van der Waals surface area (Å²) < 4.78 is 5.03. The van der Waals surface area contributed by atoms with Gasteiger partial charge in [-0.2, -0.15) is 0 Å². The van der Waals surface area contributed by atoms with Gasteiger partial charge in [0.1, 0.15) is 17.2 Å². The van der Waals surface area contributed by atoms with Crippen molar-refractivity contribution in [2.24, 2.45) is 0 Å². The van der Waals surface area contributed by atoms with E-state index in [1.807, 2.05) is 0 Å². The van der Waals surface area contributed by atoms with Crippen LogP contribution in [0, 0.1) is 0 Å². The van der Waals surface area contributed by atoms with Gasteiger partial charge >= 0.3 is 5.97 Å². The zero-order valence-electron chi connectivity index (χ0n) is 9.98. The fourth-order valence-corrected chi connectivity index (χ4v) is 1.41. The predicted octanol–water partition coefficient (Wildman–Crippen LogP) is 2.72. The van der Waals surface area contributed by atoms with Crippen molar-refractivity contribution < 1.29 is 19.7 Å². The molecular formula is C15H12O4. The van der Waals surface area contributed by atoms with Crippen LogP contribution in [-0.4, -0.2) is 16.2 Å². The molecule has 4 nitrogen and oxygen atoms in total. The Balaban J connectivity index is 1.97. The molecule has 96 valence electrons. The second-order valence-corrected chi connectivity index (χ2v) is 3.84. The first-order chi connectivity index (χ1) is 9.13. The van der Waals surface area contributed by atoms with E-state index < -0.39 is 5.97 Å². The highest BCUT2D eigenvalue weighted by Crippen LogP contribution is 2.16. The van der Waals surface area contributed by atoms with E-state index in [2.05, 4.69) is 0 Å². The number of hydrogen-bond acceptors (Lipinski definition) is 4. The lowest BCUT2D eigenvalue weighted by atomic mass is 10.2. The molecule has 0 aliphatic heterocycles. The smallest absolute Gasteiger partial charge is 0.336 e. The Hall–Kier alpha value is -2.75. The highest BCUT2D eigenvalue weighted by molar-refractivity contribution is 5.88. The van der Waals surface area contributed by atoms with Crippen LogP contribution in [0.1, 0.15) is 5.56 Å². The molecule has 0 amide bonds. The van der Waals surface area contributed by atoms with E-state index in [0.29, 0.717) is 5.75 Å². The maximum absolute atomic E-state index is 11.5. The third-order valence-corrected chi connectivity index (χ3v) is 2.36. The van der Waals surface area contributed by atoms with E-state index in [1.165, 1.54) is 42.5 Å². The lowest BCUT2D eigenvalue weighted by Gasteiger charge is -2.00. The SMILES string of the molecule is O=C(/C=C/c1ccc(O)cc1)Oc1ccc(O)cc1. The standard InChI is InChI=1S/C15H12O4/c16-12-4-1-11(2-5-12)3-10-15(18)19-14-8-6-13(17)7-9-14/h1-10,16-17H/b10-3+. The Morgan fingerprint density at radius 1 is 0.895 bits per heavy atom. The van der Waals surface area contributed by atoms with Gasteiger partial charge in [-0.3, -0.25) is 0 Å². The minimum Gasteiger partial charge on any atom is -0.508 e. The lowest BCUT2D eigenvalue weighted by Crippen LogP contribution is -2.03. The maximum atomic E-state index is 11.5. The summed E-state index contributed by atoms with van der Waals surface area (Å²) in [5.41, 5.74) is 0.778. The first kappa shape index (κ1) is 12.7. The number of esters is 1. The largest absolute Gasteiger partial charge is 0.508 e. The monoisotopic (exact) mass is 256 g/mol. The summed E-state index contributed by atoms with van der Waals surface area (Å²) in [6.45, 7) is 0. The van der Waals surface area contributed by atoms with Crippen molar-refractivity contribution in [1.82, 2.24) is 0 Å². The van der Waals surface area contributed by atoms with Crippen molar-refractivity contribution >= 4 is 12.0 Å². The fraction of sp³-hybridized carbons (Fsp3) is 0. The van der Waals surface area contributed by atoms with Crippen LogP contribution in [0.3, 0.4) is 0 Å². The number of phenols is 2. The summed E-state index contributed by atoms with van der Waals surface area (Å²) in [4.78, 5) is 11.5. The molecule has 2 rings (SSSR count). The molecule has 0 saturated heterocycles. The lowest BCUT2D eigenvalue weighted by molar-refractivity contribution is -0.128. The molecule has 0 fully saturated rings. The molecule has 0 heterocycles. The Morgan fingerprint density at radius 2 is 1.42 bits per heavy atom. The number of carbonyl (C=O) groups excluding carboxylic acids is 1. The van der Waals surface area contributed by atoms with Gasteiger partial charge < -0.3 is 14.9 Å². The second-order valence-electron chi connectivity index (χ2n) is 3.84. The van der Waals surface area contributed by atoms with Crippen LogP contribution in [0.2, 0.25) is 0 Å². The Bertz CT molecular complexity index is 583. The van der Waals surface area contributed by atoms with Crippen LogP contribution < -0.4 is 4.74 Å². The van der Waals surface area contributed by atoms with Gasteiger partial charge in [-0.05, 0) is 48.0 Å². The number of phenolic OH excluding ortho intramolecular Hbond substituents is 2. The van der Waals surface area contributed by atoms with Crippen molar-refractivity contribution in [3.63, 3.8) is 0 Å². The third-order valence-electron chi connectivity index (χ3n) is 2.36. The van der Waals surface area contributed by atoms with Crippen molar-refractivity contribution in [2.75, 3.05) is 0 Å². The average molecular weight is 256 g/mol. The first-order valence-corrected chi connectivity index (χ1v) is 5.61. The number of ether oxygens (including phenoxy) is 1. The van der Waals surface area contributed by atoms with Gasteiger partial charge in [0.05, 0.1) is 0 Å². The van der Waals surface area contributed by atoms with Gasteiger partial charge in [0.25, 0.3) is 0 Å². The second kappa shape index (κ2) is 5.73. The van der Waals surface area contributed by atoms with E-state index in [0.717, 1.165) is 5.56 Å². The third kappa shape index (κ3) is 3.89. The summed E-state index contributed by atoms with van der Waals surface area (Å²) in [5, 5.41) is 18.2. The van der Waals surface area contributed by atoms with Crippen molar-refractivity contribution in [1.29, 1.82) is 0 Å². The maximum Gasteiger partial charge on any atom is 0.336 e. The van der Waals surface area contributed by atoms with Crippen LogP contribution in [0.5, 0.6) is 17.2 Å². The van der Waals surface area contributed by atoms with Crippen molar-refractivity contribution in [3.05, 3.63) is 60.2 Å². The topological polar surface area (TPSA) is 66.8 Å². The molecule has 4 heteroatoms. The molecule has 0 aliphatic carbocycles. The average Bonchev–Trinajstić information content (AvgIpc) is 2.41. The molecule has 0 spiro atoms. The zero-order valence-corrected chi connectivity index (χ0v) is 9.98. The molecule has 2 aromatic rings. The van der Waals surface area contributed by atoms with Crippen LogP contribution >= 0.6 is 0 Å². The number of hydrogen-bond donors (Lipinski definition) is 2. The number of benzene rings is 2. The molecule has 0 aromatic heterocycles. The van der Waals surface area contributed by atoms with Crippen molar-refractivity contribution in [3.8, 4) is 17.2 Å². The molecule has 0 radical (unpaired) electrons. The number of aromatic hydroxyl groups is 2. The van der Waals surface area contributed by atoms with E-state index in [9.17, 15) is 4.79 Å². The molecule has 0 bridgehead atoms. The van der Waals surface area contributed by atoms with E-state index in [4.69, 9.17) is 14.9 Å². The van der Waals surface area contributed by atoms with Crippen LogP contribution in [0.15, 0.2) is 54.6 Å². The Kier molecular flexibility index (Phi) is 3.83. The number of carbonyl (C=O) groups is 1. The van der Waals surface area contributed by atoms with Crippen LogP contribution in [0.4, 0.5) is 0 Å². The summed E-state index contributed by atoms with van der Waals surface area (Å²) >= 11 is 0. The molecule has 0 aliphatic rings. The Morgan fingerprint density at radius 3 is 2.00 bits per heavy atom. The minimum absolute atomic E-state index is 0.111. The minimum atomic E-state index is -0.515. The van der Waals surface area contributed by atoms with Crippen LogP contribution in [-0.2, 0) is 4.79 Å². The van der Waals surface area contributed by atoms with Crippen LogP contribution in [0.25, 0.3) is 6.08 Å². The van der Waals surface area contributed by atoms with Gasteiger partial charge in [0.15, 0.2) is 0 Å². The molecule has 2 aromatic carbocycles. The van der Waals surface area contributed by atoms with E-state index in [1.54, 1.807) is 18.2 Å². The predicted molar refractivity (Wildman–Crippen MR) is 70.9 cm³/mol. The van der Waals surface area contributed by atoms with E-state index >= 15 is 0 Å². The fourth-order valence-electron chi connectivity index (χ4n) is 1.41. The first-order valence-electron chi connectivity index (χ1n) is 5.61. The molecule has 0 saturated carbocycles.